The number of carbonyl (C=O) groups is 1. The van der Waals surface area contributed by atoms with Crippen molar-refractivity contribution in [1.29, 1.82) is 0 Å². The predicted molar refractivity (Wildman–Crippen MR) is 138 cm³/mol. The first kappa shape index (κ1) is 22.5. The van der Waals surface area contributed by atoms with E-state index in [9.17, 15) is 9.90 Å². The van der Waals surface area contributed by atoms with Crippen LogP contribution in [0.1, 0.15) is 71.7 Å². The number of rotatable bonds is 7. The Hall–Kier alpha value is -3.65. The van der Waals surface area contributed by atoms with Crippen molar-refractivity contribution in [1.82, 2.24) is 14.8 Å². The van der Waals surface area contributed by atoms with Gasteiger partial charge in [-0.3, -0.25) is 0 Å². The predicted octanol–water partition coefficient (Wildman–Crippen LogP) is 5.59. The lowest BCUT2D eigenvalue weighted by Gasteiger charge is -2.40. The van der Waals surface area contributed by atoms with Crippen LogP contribution in [0.4, 0.5) is 5.69 Å². The highest BCUT2D eigenvalue weighted by molar-refractivity contribution is 5.96. The first-order valence-corrected chi connectivity index (χ1v) is 13.2. The number of carboxylic acids is 1. The zero-order valence-corrected chi connectivity index (χ0v) is 20.8. The Balaban J connectivity index is 1.10. The average Bonchev–Trinajstić information content (AvgIpc) is 3.41. The summed E-state index contributed by atoms with van der Waals surface area (Å²) in [6, 6.07) is 13.1. The normalized spacial score (nSPS) is 23.2. The van der Waals surface area contributed by atoms with Crippen LogP contribution in [0.15, 0.2) is 53.3 Å². The molecule has 3 aliphatic rings. The lowest BCUT2D eigenvalue weighted by Crippen LogP contribution is -2.45. The van der Waals surface area contributed by atoms with Gasteiger partial charge in [0.2, 0.25) is 0 Å². The van der Waals surface area contributed by atoms with Crippen LogP contribution in [0.25, 0.3) is 16.8 Å². The number of anilines is 1. The van der Waals surface area contributed by atoms with E-state index in [1.807, 2.05) is 30.5 Å². The van der Waals surface area contributed by atoms with Crippen molar-refractivity contribution in [3.63, 3.8) is 0 Å². The Morgan fingerprint density at radius 1 is 1.14 bits per heavy atom. The van der Waals surface area contributed by atoms with Crippen LogP contribution in [-0.4, -0.2) is 44.0 Å². The van der Waals surface area contributed by atoms with Gasteiger partial charge in [-0.15, -0.1) is 0 Å². The van der Waals surface area contributed by atoms with E-state index in [2.05, 4.69) is 34.2 Å². The van der Waals surface area contributed by atoms with Crippen molar-refractivity contribution in [2.75, 3.05) is 4.90 Å². The highest BCUT2D eigenvalue weighted by Crippen LogP contribution is 2.45. The molecule has 1 aromatic carbocycles. The first-order valence-electron chi connectivity index (χ1n) is 13.2. The maximum Gasteiger partial charge on any atom is 0.339 e. The monoisotopic (exact) mass is 498 g/mol. The number of carboxylic acid groups (broad SMARTS) is 1. The molecular formula is C29H30N4O4. The van der Waals surface area contributed by atoms with Crippen LogP contribution in [0.3, 0.4) is 0 Å². The lowest BCUT2D eigenvalue weighted by atomic mass is 9.98. The number of pyridine rings is 1. The molecular weight excluding hydrogens is 468 g/mol. The average molecular weight is 499 g/mol. The largest absolute Gasteiger partial charge is 0.478 e. The fourth-order valence-electron chi connectivity index (χ4n) is 6.36. The summed E-state index contributed by atoms with van der Waals surface area (Å²) in [7, 11) is 0. The number of nitrogens with zero attached hydrogens (tertiary/aromatic N) is 4. The highest BCUT2D eigenvalue weighted by atomic mass is 16.5. The number of aryl methyl sites for hydroxylation is 1. The molecule has 37 heavy (non-hydrogen) atoms. The minimum Gasteiger partial charge on any atom is -0.478 e. The molecule has 2 saturated heterocycles. The molecule has 0 radical (unpaired) electrons. The first-order chi connectivity index (χ1) is 18.1. The summed E-state index contributed by atoms with van der Waals surface area (Å²) in [6.07, 6.45) is 9.91. The summed E-state index contributed by atoms with van der Waals surface area (Å²) in [5.74, 6) is 0.518. The van der Waals surface area contributed by atoms with Gasteiger partial charge in [0.05, 0.1) is 24.4 Å². The fraction of sp³-hybridized carbons (Fsp3) is 0.414. The van der Waals surface area contributed by atoms with Crippen molar-refractivity contribution in [3.8, 4) is 11.3 Å². The number of ether oxygens (including phenoxy) is 1. The molecule has 0 spiro atoms. The third kappa shape index (κ3) is 3.91. The van der Waals surface area contributed by atoms with E-state index in [0.29, 0.717) is 30.1 Å². The van der Waals surface area contributed by atoms with E-state index >= 15 is 0 Å². The summed E-state index contributed by atoms with van der Waals surface area (Å²) in [5.41, 5.74) is 6.26. The summed E-state index contributed by atoms with van der Waals surface area (Å²) in [5, 5.41) is 18.2. The smallest absolute Gasteiger partial charge is 0.339 e. The Kier molecular flexibility index (Phi) is 5.32. The molecule has 0 amide bonds. The Labute approximate surface area is 214 Å². The van der Waals surface area contributed by atoms with Crippen LogP contribution < -0.4 is 4.90 Å². The van der Waals surface area contributed by atoms with E-state index in [1.165, 1.54) is 11.8 Å². The van der Waals surface area contributed by atoms with Crippen molar-refractivity contribution < 1.29 is 19.2 Å². The molecule has 8 nitrogen and oxygen atoms in total. The zero-order chi connectivity index (χ0) is 25.1. The standard InChI is InChI=1S/C29H30N4O4/c1-17-4-2-3-5-23(17)27-25(28(37-31-27)18-6-7-18)16-36-22-12-19-8-9-20(13-22)33(19)21-10-11-32-26(14-21)24(15-30-32)29(34)35/h2-5,10-11,14-15,18-20,22H,6-9,12-13,16H2,1H3,(H,34,35)/t19-,20?,22?/m0/s1. The van der Waals surface area contributed by atoms with Gasteiger partial charge in [-0.25, -0.2) is 9.31 Å². The Bertz CT molecular complexity index is 1470. The number of fused-ring (bicyclic) bond motifs is 3. The van der Waals surface area contributed by atoms with Gasteiger partial charge in [0.1, 0.15) is 17.0 Å². The second kappa shape index (κ2) is 8.73. The number of aromatic carboxylic acids is 1. The maximum atomic E-state index is 11.6. The van der Waals surface area contributed by atoms with Gasteiger partial charge in [-0.2, -0.15) is 5.10 Å². The molecule has 2 bridgehead atoms. The molecule has 3 atom stereocenters. The minimum absolute atomic E-state index is 0.175. The van der Waals surface area contributed by atoms with E-state index < -0.39 is 5.97 Å². The van der Waals surface area contributed by atoms with Gasteiger partial charge in [0.25, 0.3) is 0 Å². The van der Waals surface area contributed by atoms with Crippen molar-refractivity contribution in [3.05, 3.63) is 71.2 Å². The van der Waals surface area contributed by atoms with Crippen LogP contribution in [0.5, 0.6) is 0 Å². The van der Waals surface area contributed by atoms with Crippen molar-refractivity contribution >= 4 is 17.2 Å². The Morgan fingerprint density at radius 3 is 2.65 bits per heavy atom. The van der Waals surface area contributed by atoms with E-state index in [0.717, 1.165) is 66.8 Å². The van der Waals surface area contributed by atoms with Crippen LogP contribution >= 0.6 is 0 Å². The highest BCUT2D eigenvalue weighted by Gasteiger charge is 2.42. The van der Waals surface area contributed by atoms with Crippen molar-refractivity contribution in [2.24, 2.45) is 0 Å². The number of benzene rings is 1. The molecule has 1 aliphatic carbocycles. The molecule has 4 aromatic rings. The second-order valence-corrected chi connectivity index (χ2v) is 10.7. The lowest BCUT2D eigenvalue weighted by molar-refractivity contribution is 0.0147. The van der Waals surface area contributed by atoms with Gasteiger partial charge in [-0.05, 0) is 63.1 Å². The molecule has 2 unspecified atom stereocenters. The summed E-state index contributed by atoms with van der Waals surface area (Å²) in [4.78, 5) is 14.1. The van der Waals surface area contributed by atoms with Crippen LogP contribution in [0.2, 0.25) is 0 Å². The molecule has 7 rings (SSSR count). The maximum absolute atomic E-state index is 11.6. The van der Waals surface area contributed by atoms with E-state index in [-0.39, 0.29) is 11.7 Å². The summed E-state index contributed by atoms with van der Waals surface area (Å²) >= 11 is 0. The molecule has 1 N–H and O–H groups in total. The number of hydrogen-bond acceptors (Lipinski definition) is 6. The fourth-order valence-corrected chi connectivity index (χ4v) is 6.36. The molecule has 3 aromatic heterocycles. The van der Waals surface area contributed by atoms with Crippen LogP contribution in [0, 0.1) is 6.92 Å². The third-order valence-corrected chi connectivity index (χ3v) is 8.35. The quantitative estimate of drug-likeness (QED) is 0.355. The van der Waals surface area contributed by atoms with E-state index in [4.69, 9.17) is 9.26 Å². The summed E-state index contributed by atoms with van der Waals surface area (Å²) < 4.78 is 14.1. The van der Waals surface area contributed by atoms with Crippen LogP contribution in [-0.2, 0) is 11.3 Å². The van der Waals surface area contributed by atoms with Gasteiger partial charge < -0.3 is 19.3 Å². The van der Waals surface area contributed by atoms with Gasteiger partial charge in [0.15, 0.2) is 0 Å². The van der Waals surface area contributed by atoms with Gasteiger partial charge in [-0.1, -0.05) is 29.4 Å². The second-order valence-electron chi connectivity index (χ2n) is 10.7. The molecule has 5 heterocycles. The van der Waals surface area contributed by atoms with Crippen molar-refractivity contribution in [2.45, 2.75) is 76.2 Å². The Morgan fingerprint density at radius 2 is 1.92 bits per heavy atom. The van der Waals surface area contributed by atoms with E-state index in [1.54, 1.807) is 4.52 Å². The van der Waals surface area contributed by atoms with Gasteiger partial charge in [0, 0.05) is 41.0 Å². The number of hydrogen-bond donors (Lipinski definition) is 1. The molecule has 190 valence electrons. The SMILES string of the molecule is Cc1ccccc1-c1noc(C2CC2)c1COC1CC2CC[C@@H](C1)N2c1ccn2ncc(C(=O)O)c2c1. The topological polar surface area (TPSA) is 93.1 Å². The minimum atomic E-state index is -0.952. The third-order valence-electron chi connectivity index (χ3n) is 8.35. The van der Waals surface area contributed by atoms with Gasteiger partial charge >= 0.3 is 5.97 Å². The molecule has 8 heteroatoms. The molecule has 3 fully saturated rings. The number of aromatic nitrogens is 3. The molecule has 1 saturated carbocycles. The number of piperidine rings is 1. The summed E-state index contributed by atoms with van der Waals surface area (Å²) in [6.45, 7) is 2.63. The zero-order valence-electron chi connectivity index (χ0n) is 20.8. The molecule has 2 aliphatic heterocycles.